The van der Waals surface area contributed by atoms with E-state index < -0.39 is 10.0 Å². The van der Waals surface area contributed by atoms with Crippen LogP contribution in [0.15, 0.2) is 77.8 Å². The summed E-state index contributed by atoms with van der Waals surface area (Å²) >= 11 is 0. The highest BCUT2D eigenvalue weighted by Gasteiger charge is 2.17. The van der Waals surface area contributed by atoms with Crippen molar-refractivity contribution in [3.05, 3.63) is 89.9 Å². The minimum absolute atomic E-state index is 0.0265. The van der Waals surface area contributed by atoms with Crippen molar-refractivity contribution >= 4 is 27.3 Å². The van der Waals surface area contributed by atoms with Crippen LogP contribution in [0.1, 0.15) is 41.5 Å². The second kappa shape index (κ2) is 10.5. The van der Waals surface area contributed by atoms with Gasteiger partial charge in [0.1, 0.15) is 5.82 Å². The van der Waals surface area contributed by atoms with E-state index >= 15 is 0 Å². The topological polar surface area (TPSA) is 105 Å². The Kier molecular flexibility index (Phi) is 7.22. The number of nitrogens with one attached hydrogen (secondary N) is 2. The zero-order valence-corrected chi connectivity index (χ0v) is 19.8. The highest BCUT2D eigenvalue weighted by molar-refractivity contribution is 7.92. The van der Waals surface area contributed by atoms with Gasteiger partial charge in [-0.1, -0.05) is 37.6 Å². The number of pyridine rings is 1. The number of anilines is 1. The monoisotopic (exact) mass is 477 g/mol. The van der Waals surface area contributed by atoms with Crippen LogP contribution in [0, 0.1) is 0 Å². The summed E-state index contributed by atoms with van der Waals surface area (Å²) in [5.41, 5.74) is 2.66. The van der Waals surface area contributed by atoms with Crippen molar-refractivity contribution in [1.82, 2.24) is 19.9 Å². The molecule has 0 aliphatic heterocycles. The average molecular weight is 478 g/mol. The molecule has 0 saturated heterocycles. The van der Waals surface area contributed by atoms with Gasteiger partial charge in [0, 0.05) is 30.4 Å². The van der Waals surface area contributed by atoms with Crippen LogP contribution in [0.3, 0.4) is 0 Å². The summed E-state index contributed by atoms with van der Waals surface area (Å²) in [4.78, 5) is 12.7. The maximum absolute atomic E-state index is 12.9. The van der Waals surface area contributed by atoms with Crippen LogP contribution in [-0.4, -0.2) is 35.5 Å². The maximum Gasteiger partial charge on any atom is 0.261 e. The third-order valence-corrected chi connectivity index (χ3v) is 6.83. The lowest BCUT2D eigenvalue weighted by atomic mass is 10.1. The van der Waals surface area contributed by atoms with Gasteiger partial charge in [-0.3, -0.25) is 13.9 Å². The van der Waals surface area contributed by atoms with E-state index in [1.54, 1.807) is 24.3 Å². The molecule has 0 bridgehead atoms. The molecular formula is C25H27N5O3S. The van der Waals surface area contributed by atoms with Crippen molar-refractivity contribution in [3.8, 4) is 0 Å². The molecule has 4 aromatic rings. The molecule has 0 radical (unpaired) electrons. The van der Waals surface area contributed by atoms with Gasteiger partial charge in [0.15, 0.2) is 5.65 Å². The lowest BCUT2D eigenvalue weighted by Gasteiger charge is -2.10. The first-order chi connectivity index (χ1) is 16.5. The standard InChI is InChI=1S/C25H27N5O3S/c1-2-3-7-19-11-13-21(14-12-19)29-34(32,33)22-9-6-8-20(18-22)25(31)26-16-15-24-28-27-23-10-4-5-17-30(23)24/h4-6,8-14,17-18,29H,2-3,7,15-16H2,1H3,(H,26,31). The minimum Gasteiger partial charge on any atom is -0.352 e. The quantitative estimate of drug-likeness (QED) is 0.361. The normalized spacial score (nSPS) is 11.4. The van der Waals surface area contributed by atoms with Crippen molar-refractivity contribution in [2.45, 2.75) is 37.5 Å². The summed E-state index contributed by atoms with van der Waals surface area (Å²) in [5, 5.41) is 11.1. The van der Waals surface area contributed by atoms with Crippen LogP contribution >= 0.6 is 0 Å². The Labute approximate surface area is 199 Å². The zero-order valence-electron chi connectivity index (χ0n) is 18.9. The number of carbonyl (C=O) groups is 1. The second-order valence-electron chi connectivity index (χ2n) is 7.98. The lowest BCUT2D eigenvalue weighted by molar-refractivity contribution is 0.0953. The van der Waals surface area contributed by atoms with Crippen molar-refractivity contribution in [2.75, 3.05) is 11.3 Å². The number of sulfonamides is 1. The Hall–Kier alpha value is -3.72. The molecule has 2 N–H and O–H groups in total. The van der Waals surface area contributed by atoms with E-state index in [1.807, 2.05) is 40.9 Å². The second-order valence-corrected chi connectivity index (χ2v) is 9.67. The molecule has 0 aliphatic carbocycles. The first-order valence-corrected chi connectivity index (χ1v) is 12.7. The van der Waals surface area contributed by atoms with Gasteiger partial charge in [-0.2, -0.15) is 0 Å². The Morgan fingerprint density at radius 3 is 2.59 bits per heavy atom. The van der Waals surface area contributed by atoms with Crippen LogP contribution < -0.4 is 10.0 Å². The van der Waals surface area contributed by atoms with E-state index in [2.05, 4.69) is 27.2 Å². The molecule has 0 unspecified atom stereocenters. The van der Waals surface area contributed by atoms with Crippen molar-refractivity contribution < 1.29 is 13.2 Å². The number of hydrogen-bond acceptors (Lipinski definition) is 5. The van der Waals surface area contributed by atoms with Crippen molar-refractivity contribution in [3.63, 3.8) is 0 Å². The van der Waals surface area contributed by atoms with Crippen molar-refractivity contribution in [1.29, 1.82) is 0 Å². The Morgan fingerprint density at radius 1 is 0.971 bits per heavy atom. The predicted octanol–water partition coefficient (Wildman–Crippen LogP) is 3.85. The summed E-state index contributed by atoms with van der Waals surface area (Å²) < 4.78 is 30.2. The molecule has 2 aromatic carbocycles. The van der Waals surface area contributed by atoms with E-state index in [9.17, 15) is 13.2 Å². The van der Waals surface area contributed by atoms with Gasteiger partial charge in [0.05, 0.1) is 4.90 Å². The average Bonchev–Trinajstić information content (AvgIpc) is 3.26. The van der Waals surface area contributed by atoms with E-state index in [0.29, 0.717) is 18.7 Å². The number of aryl methyl sites for hydroxylation is 1. The number of rotatable bonds is 10. The minimum atomic E-state index is -3.83. The van der Waals surface area contributed by atoms with E-state index in [0.717, 1.165) is 30.7 Å². The fourth-order valence-electron chi connectivity index (χ4n) is 3.59. The third-order valence-electron chi connectivity index (χ3n) is 5.45. The van der Waals surface area contributed by atoms with Gasteiger partial charge in [0.2, 0.25) is 0 Å². The predicted molar refractivity (Wildman–Crippen MR) is 131 cm³/mol. The largest absolute Gasteiger partial charge is 0.352 e. The molecule has 0 aliphatic rings. The number of hydrogen-bond donors (Lipinski definition) is 2. The van der Waals surface area contributed by atoms with Gasteiger partial charge in [-0.25, -0.2) is 8.42 Å². The summed E-state index contributed by atoms with van der Waals surface area (Å²) in [6.45, 7) is 2.48. The van der Waals surface area contributed by atoms with Gasteiger partial charge >= 0.3 is 0 Å². The summed E-state index contributed by atoms with van der Waals surface area (Å²) in [5.74, 6) is 0.378. The van der Waals surface area contributed by atoms with Crippen LogP contribution in [-0.2, 0) is 22.9 Å². The molecule has 34 heavy (non-hydrogen) atoms. The fourth-order valence-corrected chi connectivity index (χ4v) is 4.69. The molecule has 9 heteroatoms. The lowest BCUT2D eigenvalue weighted by Crippen LogP contribution is -2.26. The number of benzene rings is 2. The summed E-state index contributed by atoms with van der Waals surface area (Å²) in [6, 6.07) is 19.0. The molecular weight excluding hydrogens is 450 g/mol. The molecule has 0 spiro atoms. The zero-order chi connectivity index (χ0) is 24.0. The van der Waals surface area contributed by atoms with Crippen LogP contribution in [0.25, 0.3) is 5.65 Å². The SMILES string of the molecule is CCCCc1ccc(NS(=O)(=O)c2cccc(C(=O)NCCc3nnc4ccccn34)c2)cc1. The number of unbranched alkanes of at least 4 members (excludes halogenated alkanes) is 1. The van der Waals surface area contributed by atoms with Crippen LogP contribution in [0.5, 0.6) is 0 Å². The van der Waals surface area contributed by atoms with Crippen LogP contribution in [0.2, 0.25) is 0 Å². The molecule has 2 heterocycles. The molecule has 8 nitrogen and oxygen atoms in total. The Bertz CT molecular complexity index is 1380. The number of amides is 1. The van der Waals surface area contributed by atoms with E-state index in [4.69, 9.17) is 0 Å². The molecule has 4 rings (SSSR count). The Balaban J connectivity index is 1.38. The molecule has 0 saturated carbocycles. The third kappa shape index (κ3) is 5.60. The molecule has 1 amide bonds. The summed E-state index contributed by atoms with van der Waals surface area (Å²) in [7, 11) is -3.83. The first kappa shape index (κ1) is 23.4. The highest BCUT2D eigenvalue weighted by atomic mass is 32.2. The number of fused-ring (bicyclic) bond motifs is 1. The maximum atomic E-state index is 12.9. The van der Waals surface area contributed by atoms with Crippen LogP contribution in [0.4, 0.5) is 5.69 Å². The van der Waals surface area contributed by atoms with E-state index in [1.165, 1.54) is 17.7 Å². The van der Waals surface area contributed by atoms with Gasteiger partial charge in [-0.15, -0.1) is 10.2 Å². The van der Waals surface area contributed by atoms with Gasteiger partial charge in [-0.05, 0) is 60.9 Å². The number of aromatic nitrogens is 3. The Morgan fingerprint density at radius 2 is 1.79 bits per heavy atom. The van der Waals surface area contributed by atoms with Crippen molar-refractivity contribution in [2.24, 2.45) is 0 Å². The highest BCUT2D eigenvalue weighted by Crippen LogP contribution is 2.18. The molecule has 0 fully saturated rings. The number of nitrogens with zero attached hydrogens (tertiary/aromatic N) is 3. The molecule has 176 valence electrons. The van der Waals surface area contributed by atoms with E-state index in [-0.39, 0.29) is 16.4 Å². The molecule has 2 aromatic heterocycles. The number of carbonyl (C=O) groups excluding carboxylic acids is 1. The van der Waals surface area contributed by atoms with Gasteiger partial charge in [0.25, 0.3) is 15.9 Å². The summed E-state index contributed by atoms with van der Waals surface area (Å²) in [6.07, 6.45) is 5.52. The van der Waals surface area contributed by atoms with Gasteiger partial charge < -0.3 is 5.32 Å². The first-order valence-electron chi connectivity index (χ1n) is 11.2. The fraction of sp³-hybridized carbons (Fsp3) is 0.240. The smallest absolute Gasteiger partial charge is 0.261 e. The molecule has 0 atom stereocenters.